The first-order valence-electron chi connectivity index (χ1n) is 9.30. The van der Waals surface area contributed by atoms with Crippen molar-refractivity contribution in [3.63, 3.8) is 0 Å². The lowest BCUT2D eigenvalue weighted by Gasteiger charge is -2.48. The Morgan fingerprint density at radius 2 is 2.23 bits per heavy atom. The van der Waals surface area contributed by atoms with Gasteiger partial charge in [0.05, 0.1) is 22.9 Å². The van der Waals surface area contributed by atoms with Gasteiger partial charge in [-0.05, 0) is 50.4 Å². The van der Waals surface area contributed by atoms with Crippen molar-refractivity contribution in [3.05, 3.63) is 23.2 Å². The fraction of sp³-hybridized carbons (Fsp3) is 0.579. The number of nitrogens with zero attached hydrogens (tertiary/aromatic N) is 2. The van der Waals surface area contributed by atoms with Gasteiger partial charge in [-0.3, -0.25) is 9.69 Å². The van der Waals surface area contributed by atoms with E-state index in [0.717, 1.165) is 55.4 Å². The minimum atomic E-state index is -0.226. The van der Waals surface area contributed by atoms with Crippen LogP contribution in [-0.4, -0.2) is 46.6 Å². The first-order chi connectivity index (χ1) is 12.5. The quantitative estimate of drug-likeness (QED) is 0.829. The van der Waals surface area contributed by atoms with Gasteiger partial charge in [-0.1, -0.05) is 35.8 Å². The molecule has 26 heavy (non-hydrogen) atoms. The molecule has 2 unspecified atom stereocenters. The number of piperidine rings is 1. The normalized spacial score (nSPS) is 27.1. The van der Waals surface area contributed by atoms with E-state index in [1.54, 1.807) is 6.07 Å². The summed E-state index contributed by atoms with van der Waals surface area (Å²) in [5.41, 5.74) is 0.834. The number of hydrogen-bond acceptors (Lipinski definition) is 5. The van der Waals surface area contributed by atoms with Crippen LogP contribution >= 0.6 is 22.9 Å². The van der Waals surface area contributed by atoms with E-state index in [0.29, 0.717) is 16.7 Å². The van der Waals surface area contributed by atoms with Crippen molar-refractivity contribution in [2.24, 2.45) is 5.41 Å². The summed E-state index contributed by atoms with van der Waals surface area (Å²) in [5.74, 6) is -0.0440. The number of benzene rings is 1. The van der Waals surface area contributed by atoms with Crippen LogP contribution in [0.4, 0.5) is 5.13 Å². The summed E-state index contributed by atoms with van der Waals surface area (Å²) in [5, 5.41) is 14.7. The molecule has 2 heterocycles. The molecule has 2 fully saturated rings. The second kappa shape index (κ2) is 7.43. The van der Waals surface area contributed by atoms with Crippen molar-refractivity contribution in [2.45, 2.75) is 44.6 Å². The molecule has 1 spiro atoms. The fourth-order valence-electron chi connectivity index (χ4n) is 4.47. The molecule has 2 aliphatic rings. The molecule has 1 amide bonds. The minimum absolute atomic E-state index is 0.0105. The smallest absolute Gasteiger partial charge is 0.240 e. The predicted molar refractivity (Wildman–Crippen MR) is 106 cm³/mol. The highest BCUT2D eigenvalue weighted by Gasteiger charge is 2.43. The summed E-state index contributed by atoms with van der Waals surface area (Å²) in [6.07, 6.45) is 6.17. The largest absolute Gasteiger partial charge is 0.393 e. The molecule has 1 aromatic heterocycles. The van der Waals surface area contributed by atoms with Gasteiger partial charge in [0.15, 0.2) is 5.13 Å². The highest BCUT2D eigenvalue weighted by Crippen LogP contribution is 2.43. The molecule has 5 nitrogen and oxygen atoms in total. The average Bonchev–Trinajstić information content (AvgIpc) is 2.99. The Morgan fingerprint density at radius 3 is 3.08 bits per heavy atom. The highest BCUT2D eigenvalue weighted by atomic mass is 35.5. The van der Waals surface area contributed by atoms with Crippen molar-refractivity contribution in [2.75, 3.05) is 25.0 Å². The maximum atomic E-state index is 12.5. The number of aromatic nitrogens is 1. The Labute approximate surface area is 162 Å². The number of amides is 1. The van der Waals surface area contributed by atoms with Crippen LogP contribution in [-0.2, 0) is 4.79 Å². The molecule has 4 rings (SSSR count). The van der Waals surface area contributed by atoms with Gasteiger partial charge in [-0.2, -0.15) is 0 Å². The molecule has 1 saturated carbocycles. The van der Waals surface area contributed by atoms with Gasteiger partial charge in [-0.15, -0.1) is 0 Å². The molecule has 1 aromatic carbocycles. The van der Waals surface area contributed by atoms with Crippen LogP contribution in [0.1, 0.15) is 38.5 Å². The van der Waals surface area contributed by atoms with Crippen molar-refractivity contribution in [1.29, 1.82) is 0 Å². The Bertz CT molecular complexity index is 807. The fourth-order valence-corrected chi connectivity index (χ4v) is 5.63. The van der Waals surface area contributed by atoms with E-state index in [1.807, 2.05) is 12.1 Å². The van der Waals surface area contributed by atoms with Crippen LogP contribution in [0, 0.1) is 5.41 Å². The molecular formula is C19H24ClN3O2S. The predicted octanol–water partition coefficient (Wildman–Crippen LogP) is 3.91. The molecule has 1 aliphatic carbocycles. The molecule has 1 saturated heterocycles. The Hall–Kier alpha value is -1.21. The molecular weight excluding hydrogens is 370 g/mol. The topological polar surface area (TPSA) is 65.5 Å². The van der Waals surface area contributed by atoms with Crippen LogP contribution in [0.5, 0.6) is 0 Å². The summed E-state index contributed by atoms with van der Waals surface area (Å²) < 4.78 is 0.968. The van der Waals surface area contributed by atoms with Gasteiger partial charge >= 0.3 is 0 Å². The van der Waals surface area contributed by atoms with E-state index in [2.05, 4.69) is 15.2 Å². The second-order valence-electron chi connectivity index (χ2n) is 7.62. The number of fused-ring (bicyclic) bond motifs is 1. The monoisotopic (exact) mass is 393 g/mol. The number of aliphatic hydroxyl groups is 1. The number of thiazole rings is 1. The van der Waals surface area contributed by atoms with Crippen LogP contribution < -0.4 is 5.32 Å². The molecule has 1 aliphatic heterocycles. The van der Waals surface area contributed by atoms with Gasteiger partial charge < -0.3 is 10.4 Å². The Kier molecular flexibility index (Phi) is 5.19. The summed E-state index contributed by atoms with van der Waals surface area (Å²) in [6.45, 7) is 2.08. The number of carbonyl (C=O) groups excluding carboxylic acids is 1. The van der Waals surface area contributed by atoms with Crippen LogP contribution in [0.2, 0.25) is 5.02 Å². The van der Waals surface area contributed by atoms with Crippen molar-refractivity contribution < 1.29 is 9.90 Å². The van der Waals surface area contributed by atoms with Gasteiger partial charge in [0.2, 0.25) is 5.91 Å². The number of halogens is 1. The number of aliphatic hydroxyl groups excluding tert-OH is 1. The van der Waals surface area contributed by atoms with E-state index in [9.17, 15) is 9.90 Å². The maximum absolute atomic E-state index is 12.5. The lowest BCUT2D eigenvalue weighted by molar-refractivity contribution is -0.119. The zero-order valence-corrected chi connectivity index (χ0v) is 16.3. The number of anilines is 1. The van der Waals surface area contributed by atoms with Crippen molar-refractivity contribution in [3.8, 4) is 0 Å². The molecule has 2 aromatic rings. The van der Waals surface area contributed by atoms with E-state index < -0.39 is 0 Å². The molecule has 2 N–H and O–H groups in total. The number of rotatable bonds is 3. The number of hydrogen-bond donors (Lipinski definition) is 2. The Morgan fingerprint density at radius 1 is 1.38 bits per heavy atom. The van der Waals surface area contributed by atoms with E-state index in [4.69, 9.17) is 11.6 Å². The number of likely N-dealkylation sites (tertiary alicyclic amines) is 1. The number of carbonyl (C=O) groups is 1. The average molecular weight is 394 g/mol. The third-order valence-electron chi connectivity index (χ3n) is 5.76. The van der Waals surface area contributed by atoms with Crippen molar-refractivity contribution >= 4 is 44.2 Å². The molecule has 0 radical (unpaired) electrons. The summed E-state index contributed by atoms with van der Waals surface area (Å²) in [4.78, 5) is 19.1. The van der Waals surface area contributed by atoms with Crippen LogP contribution in [0.25, 0.3) is 10.2 Å². The molecule has 0 bridgehead atoms. The van der Waals surface area contributed by atoms with Gasteiger partial charge in [0, 0.05) is 17.0 Å². The summed E-state index contributed by atoms with van der Waals surface area (Å²) in [6, 6.07) is 5.53. The summed E-state index contributed by atoms with van der Waals surface area (Å²) >= 11 is 7.45. The molecule has 2 atom stereocenters. The van der Waals surface area contributed by atoms with Gasteiger partial charge in [0.25, 0.3) is 0 Å². The Balaban J connectivity index is 1.39. The third kappa shape index (κ3) is 3.74. The SMILES string of the molecule is O=C(CN1CCCC2(CCCCC2O)C1)Nc1nc2ccc(Cl)cc2s1. The van der Waals surface area contributed by atoms with Gasteiger partial charge in [0.1, 0.15) is 0 Å². The van der Waals surface area contributed by atoms with Gasteiger partial charge in [-0.25, -0.2) is 4.98 Å². The van der Waals surface area contributed by atoms with Crippen LogP contribution in [0.3, 0.4) is 0 Å². The first kappa shape index (κ1) is 18.2. The lowest BCUT2D eigenvalue weighted by atomic mass is 9.67. The lowest BCUT2D eigenvalue weighted by Crippen LogP contribution is -2.52. The summed E-state index contributed by atoms with van der Waals surface area (Å²) in [7, 11) is 0. The minimum Gasteiger partial charge on any atom is -0.393 e. The zero-order valence-electron chi connectivity index (χ0n) is 14.7. The first-order valence-corrected chi connectivity index (χ1v) is 10.5. The van der Waals surface area contributed by atoms with Crippen molar-refractivity contribution in [1.82, 2.24) is 9.88 Å². The van der Waals surface area contributed by atoms with E-state index >= 15 is 0 Å². The standard InChI is InChI=1S/C19H24ClN3O2S/c20-13-5-6-14-15(10-13)26-18(21-14)22-17(25)11-23-9-3-8-19(12-23)7-2-1-4-16(19)24/h5-6,10,16,24H,1-4,7-9,11-12H2,(H,21,22,25). The van der Waals surface area contributed by atoms with E-state index in [-0.39, 0.29) is 17.4 Å². The molecule has 140 valence electrons. The zero-order chi connectivity index (χ0) is 18.1. The third-order valence-corrected chi connectivity index (χ3v) is 6.93. The second-order valence-corrected chi connectivity index (χ2v) is 9.08. The maximum Gasteiger partial charge on any atom is 0.240 e. The molecule has 7 heteroatoms. The van der Waals surface area contributed by atoms with Crippen LogP contribution in [0.15, 0.2) is 18.2 Å². The number of nitrogens with one attached hydrogen (secondary N) is 1. The highest BCUT2D eigenvalue weighted by molar-refractivity contribution is 7.22. The van der Waals surface area contributed by atoms with E-state index in [1.165, 1.54) is 17.8 Å².